The summed E-state index contributed by atoms with van der Waals surface area (Å²) in [5, 5.41) is 6.26. The van der Waals surface area contributed by atoms with Gasteiger partial charge < -0.3 is 20.3 Å². The lowest BCUT2D eigenvalue weighted by Gasteiger charge is -2.44. The van der Waals surface area contributed by atoms with Crippen molar-refractivity contribution in [2.75, 3.05) is 23.8 Å². The van der Waals surface area contributed by atoms with Gasteiger partial charge in [0.2, 0.25) is 5.66 Å². The van der Waals surface area contributed by atoms with Crippen LogP contribution in [0.5, 0.6) is 5.75 Å². The molecule has 3 aromatic carbocycles. The fourth-order valence-electron chi connectivity index (χ4n) is 4.01. The lowest BCUT2D eigenvalue weighted by Crippen LogP contribution is -2.62. The Morgan fingerprint density at radius 1 is 0.828 bits per heavy atom. The minimum Gasteiger partial charge on any atom is -0.492 e. The monoisotopic (exact) mass is 385 g/mol. The Morgan fingerprint density at radius 3 is 2.34 bits per heavy atom. The van der Waals surface area contributed by atoms with E-state index in [0.29, 0.717) is 16.9 Å². The summed E-state index contributed by atoms with van der Waals surface area (Å²) in [5.74, 6) is 0.236. The van der Waals surface area contributed by atoms with Crippen LogP contribution < -0.4 is 15.4 Å². The Balaban J connectivity index is 1.54. The van der Waals surface area contributed by atoms with E-state index in [-0.39, 0.29) is 25.0 Å². The van der Waals surface area contributed by atoms with E-state index < -0.39 is 5.66 Å². The number of carbonyl (C=O) groups is 2. The van der Waals surface area contributed by atoms with E-state index in [1.807, 2.05) is 72.8 Å². The first-order chi connectivity index (χ1) is 14.2. The third-order valence-corrected chi connectivity index (χ3v) is 5.34. The number of hydrogen-bond donors (Lipinski definition) is 2. The highest BCUT2D eigenvalue weighted by Gasteiger charge is 2.56. The van der Waals surface area contributed by atoms with E-state index in [1.165, 1.54) is 0 Å². The zero-order chi connectivity index (χ0) is 19.8. The van der Waals surface area contributed by atoms with Gasteiger partial charge >= 0.3 is 0 Å². The van der Waals surface area contributed by atoms with Gasteiger partial charge in [0.1, 0.15) is 12.4 Å². The third-order valence-electron chi connectivity index (χ3n) is 5.34. The van der Waals surface area contributed by atoms with Crippen LogP contribution in [0.4, 0.5) is 11.4 Å². The van der Waals surface area contributed by atoms with Crippen molar-refractivity contribution in [1.82, 2.24) is 4.90 Å². The molecular formula is C23H19N3O3. The largest absolute Gasteiger partial charge is 0.492 e. The van der Waals surface area contributed by atoms with Crippen molar-refractivity contribution in [2.45, 2.75) is 5.66 Å². The molecule has 0 saturated heterocycles. The first-order valence-electron chi connectivity index (χ1n) is 9.48. The van der Waals surface area contributed by atoms with Crippen LogP contribution in [-0.4, -0.2) is 29.9 Å². The fraction of sp³-hybridized carbons (Fsp3) is 0.130. The molecule has 0 radical (unpaired) electrons. The number of para-hydroxylation sites is 3. The van der Waals surface area contributed by atoms with Crippen molar-refractivity contribution in [3.05, 3.63) is 90.0 Å². The number of nitrogens with one attached hydrogen (secondary N) is 2. The van der Waals surface area contributed by atoms with Gasteiger partial charge in [0.25, 0.3) is 11.8 Å². The Kier molecular flexibility index (Phi) is 3.98. The lowest BCUT2D eigenvalue weighted by atomic mass is 9.93. The Morgan fingerprint density at radius 2 is 1.52 bits per heavy atom. The molecule has 2 amide bonds. The summed E-state index contributed by atoms with van der Waals surface area (Å²) in [7, 11) is 0. The second-order valence-electron chi connectivity index (χ2n) is 7.00. The van der Waals surface area contributed by atoms with Crippen LogP contribution in [0, 0.1) is 0 Å². The maximum Gasteiger partial charge on any atom is 0.276 e. The SMILES string of the molecule is O=C1c2ccccc2NC2(C(=O)Nc3ccccc32)N1CCOc1ccccc1. The predicted octanol–water partition coefficient (Wildman–Crippen LogP) is 3.44. The van der Waals surface area contributed by atoms with Crippen molar-refractivity contribution in [2.24, 2.45) is 0 Å². The number of anilines is 2. The summed E-state index contributed by atoms with van der Waals surface area (Å²) in [6.07, 6.45) is 0. The molecule has 2 N–H and O–H groups in total. The maximum atomic E-state index is 13.4. The van der Waals surface area contributed by atoms with Gasteiger partial charge in [-0.3, -0.25) is 9.59 Å². The molecule has 6 heteroatoms. The van der Waals surface area contributed by atoms with Crippen LogP contribution in [-0.2, 0) is 10.5 Å². The summed E-state index contributed by atoms with van der Waals surface area (Å²) in [4.78, 5) is 28.2. The molecule has 6 nitrogen and oxygen atoms in total. The molecule has 29 heavy (non-hydrogen) atoms. The third kappa shape index (κ3) is 2.64. The summed E-state index contributed by atoms with van der Waals surface area (Å²) < 4.78 is 5.82. The van der Waals surface area contributed by atoms with Gasteiger partial charge in [-0.1, -0.05) is 48.5 Å². The van der Waals surface area contributed by atoms with Crippen molar-refractivity contribution in [3.63, 3.8) is 0 Å². The van der Waals surface area contributed by atoms with Gasteiger partial charge in [0.15, 0.2) is 0 Å². The molecule has 3 aromatic rings. The van der Waals surface area contributed by atoms with E-state index >= 15 is 0 Å². The van der Waals surface area contributed by atoms with Gasteiger partial charge in [-0.05, 0) is 30.3 Å². The first-order valence-corrected chi connectivity index (χ1v) is 9.48. The first kappa shape index (κ1) is 17.3. The van der Waals surface area contributed by atoms with Crippen LogP contribution >= 0.6 is 0 Å². The van der Waals surface area contributed by atoms with Gasteiger partial charge in [0.05, 0.1) is 12.1 Å². The van der Waals surface area contributed by atoms with Crippen LogP contribution in [0.3, 0.4) is 0 Å². The Bertz CT molecular complexity index is 1100. The van der Waals surface area contributed by atoms with Crippen molar-refractivity contribution >= 4 is 23.2 Å². The standard InChI is InChI=1S/C23H19N3O3/c27-21-17-10-4-6-12-19(17)25-23(18-11-5-7-13-20(18)24-22(23)28)26(21)14-15-29-16-8-2-1-3-9-16/h1-13,25H,14-15H2,(H,24,28). The van der Waals surface area contributed by atoms with Gasteiger partial charge in [-0.15, -0.1) is 0 Å². The van der Waals surface area contributed by atoms with Gasteiger partial charge in [-0.2, -0.15) is 0 Å². The minimum atomic E-state index is -1.30. The number of carbonyl (C=O) groups excluding carboxylic acids is 2. The minimum absolute atomic E-state index is 0.206. The average Bonchev–Trinajstić information content (AvgIpc) is 3.03. The summed E-state index contributed by atoms with van der Waals surface area (Å²) >= 11 is 0. The number of nitrogens with zero attached hydrogens (tertiary/aromatic N) is 1. The zero-order valence-electron chi connectivity index (χ0n) is 15.6. The highest BCUT2D eigenvalue weighted by Crippen LogP contribution is 2.45. The molecule has 5 rings (SSSR count). The van der Waals surface area contributed by atoms with E-state index in [4.69, 9.17) is 4.74 Å². The number of hydrogen-bond acceptors (Lipinski definition) is 4. The molecule has 0 aromatic heterocycles. The van der Waals surface area contributed by atoms with Crippen LogP contribution in [0.25, 0.3) is 0 Å². The Labute approximate surface area is 168 Å². The number of ether oxygens (including phenoxy) is 1. The second-order valence-corrected chi connectivity index (χ2v) is 7.00. The van der Waals surface area contributed by atoms with E-state index in [1.54, 1.807) is 11.0 Å². The van der Waals surface area contributed by atoms with Crippen molar-refractivity contribution < 1.29 is 14.3 Å². The van der Waals surface area contributed by atoms with Crippen molar-refractivity contribution in [3.8, 4) is 5.75 Å². The molecule has 0 aliphatic carbocycles. The normalized spacial score (nSPS) is 19.4. The summed E-state index contributed by atoms with van der Waals surface area (Å²) in [6.45, 7) is 0.508. The molecule has 2 heterocycles. The quantitative estimate of drug-likeness (QED) is 0.722. The lowest BCUT2D eigenvalue weighted by molar-refractivity contribution is -0.125. The number of benzene rings is 3. The highest BCUT2D eigenvalue weighted by atomic mass is 16.5. The van der Waals surface area contributed by atoms with Gasteiger partial charge in [-0.25, -0.2) is 0 Å². The molecule has 1 atom stereocenters. The molecule has 0 bridgehead atoms. The molecule has 0 fully saturated rings. The number of rotatable bonds is 4. The predicted molar refractivity (Wildman–Crippen MR) is 110 cm³/mol. The molecule has 1 unspecified atom stereocenters. The molecule has 2 aliphatic heterocycles. The van der Waals surface area contributed by atoms with E-state index in [0.717, 1.165) is 11.3 Å². The van der Waals surface area contributed by atoms with E-state index in [9.17, 15) is 9.59 Å². The van der Waals surface area contributed by atoms with Gasteiger partial charge in [0, 0.05) is 16.9 Å². The molecule has 144 valence electrons. The number of fused-ring (bicyclic) bond motifs is 3. The van der Waals surface area contributed by atoms with Crippen molar-refractivity contribution in [1.29, 1.82) is 0 Å². The molecule has 1 spiro atoms. The number of amides is 2. The second kappa shape index (κ2) is 6.67. The van der Waals surface area contributed by atoms with Crippen LogP contribution in [0.2, 0.25) is 0 Å². The zero-order valence-corrected chi connectivity index (χ0v) is 15.6. The molecular weight excluding hydrogens is 366 g/mol. The highest BCUT2D eigenvalue weighted by molar-refractivity contribution is 6.14. The van der Waals surface area contributed by atoms with Crippen LogP contribution in [0.1, 0.15) is 15.9 Å². The average molecular weight is 385 g/mol. The Hall–Kier alpha value is -3.80. The maximum absolute atomic E-state index is 13.4. The topological polar surface area (TPSA) is 70.7 Å². The molecule has 0 saturated carbocycles. The van der Waals surface area contributed by atoms with E-state index in [2.05, 4.69) is 10.6 Å². The fourth-order valence-corrected chi connectivity index (χ4v) is 4.01. The summed E-state index contributed by atoms with van der Waals surface area (Å²) in [5.41, 5.74) is 1.31. The van der Waals surface area contributed by atoms with Crippen LogP contribution in [0.15, 0.2) is 78.9 Å². The summed E-state index contributed by atoms with van der Waals surface area (Å²) in [6, 6.07) is 24.1. The smallest absolute Gasteiger partial charge is 0.276 e. The molecule has 2 aliphatic rings.